The van der Waals surface area contributed by atoms with Crippen LogP contribution in [-0.4, -0.2) is 9.78 Å². The Kier molecular flexibility index (Phi) is 4.65. The van der Waals surface area contributed by atoms with Crippen LogP contribution in [-0.2, 0) is 13.0 Å². The first kappa shape index (κ1) is 14.1. The van der Waals surface area contributed by atoms with Crippen LogP contribution in [0.3, 0.4) is 0 Å². The van der Waals surface area contributed by atoms with Gasteiger partial charge in [0.05, 0.1) is 11.1 Å². The van der Waals surface area contributed by atoms with Gasteiger partial charge in [-0.3, -0.25) is 4.68 Å². The molecule has 1 unspecified atom stereocenters. The van der Waals surface area contributed by atoms with Gasteiger partial charge in [-0.05, 0) is 39.2 Å². The fraction of sp³-hybridized carbons (Fsp3) is 0.438. The second-order valence-corrected chi connectivity index (χ2v) is 5.67. The highest BCUT2D eigenvalue weighted by molar-refractivity contribution is 6.20. The first-order chi connectivity index (χ1) is 9.09. The molecule has 0 amide bonds. The summed E-state index contributed by atoms with van der Waals surface area (Å²) < 4.78 is 2.09. The maximum atomic E-state index is 6.20. The monoisotopic (exact) mass is 276 g/mol. The summed E-state index contributed by atoms with van der Waals surface area (Å²) in [5.74, 6) is 0. The van der Waals surface area contributed by atoms with Gasteiger partial charge in [-0.1, -0.05) is 30.3 Å². The van der Waals surface area contributed by atoms with E-state index in [4.69, 9.17) is 11.6 Å². The zero-order valence-electron chi connectivity index (χ0n) is 11.9. The molecule has 0 aliphatic heterocycles. The number of benzene rings is 1. The minimum atomic E-state index is 0.0304. The summed E-state index contributed by atoms with van der Waals surface area (Å²) >= 11 is 6.20. The number of aromatic nitrogens is 2. The lowest BCUT2D eigenvalue weighted by molar-refractivity contribution is 0.561. The van der Waals surface area contributed by atoms with Crippen molar-refractivity contribution < 1.29 is 0 Å². The smallest absolute Gasteiger partial charge is 0.0643 e. The largest absolute Gasteiger partial charge is 0.269 e. The van der Waals surface area contributed by atoms with Crippen molar-refractivity contribution in [1.29, 1.82) is 0 Å². The van der Waals surface area contributed by atoms with Crippen LogP contribution < -0.4 is 0 Å². The molecule has 3 heteroatoms. The number of rotatable bonds is 5. The maximum absolute atomic E-state index is 6.20. The van der Waals surface area contributed by atoms with Crippen LogP contribution in [0.2, 0.25) is 0 Å². The summed E-state index contributed by atoms with van der Waals surface area (Å²) in [6, 6.07) is 10.6. The Balaban J connectivity index is 1.99. The number of nitrogens with zero attached hydrogens (tertiary/aromatic N) is 2. The summed E-state index contributed by atoms with van der Waals surface area (Å²) in [7, 11) is 0. The van der Waals surface area contributed by atoms with Gasteiger partial charge in [-0.25, -0.2) is 0 Å². The molecule has 1 aromatic carbocycles. The van der Waals surface area contributed by atoms with E-state index in [0.29, 0.717) is 0 Å². The predicted molar refractivity (Wildman–Crippen MR) is 80.7 cm³/mol. The molecule has 0 radical (unpaired) electrons. The van der Waals surface area contributed by atoms with Crippen molar-refractivity contribution in [2.45, 2.75) is 45.5 Å². The fourth-order valence-corrected chi connectivity index (χ4v) is 2.90. The van der Waals surface area contributed by atoms with Crippen LogP contribution >= 0.6 is 11.6 Å². The van der Waals surface area contributed by atoms with Crippen LogP contribution in [0, 0.1) is 13.8 Å². The van der Waals surface area contributed by atoms with Crippen molar-refractivity contribution in [2.75, 3.05) is 0 Å². The standard InChI is InChI=1S/C16H21ClN2/c1-12(17)16-13(2)18-19(14(16)3)11-7-10-15-8-5-4-6-9-15/h4-6,8-9,12H,7,10-11H2,1-3H3. The average Bonchev–Trinajstić information content (AvgIpc) is 2.66. The zero-order valence-corrected chi connectivity index (χ0v) is 12.6. The number of halogens is 1. The highest BCUT2D eigenvalue weighted by atomic mass is 35.5. The number of hydrogen-bond acceptors (Lipinski definition) is 1. The van der Waals surface area contributed by atoms with Gasteiger partial charge in [0.2, 0.25) is 0 Å². The minimum Gasteiger partial charge on any atom is -0.269 e. The van der Waals surface area contributed by atoms with Gasteiger partial charge in [-0.15, -0.1) is 11.6 Å². The molecule has 0 saturated heterocycles. The highest BCUT2D eigenvalue weighted by Gasteiger charge is 2.15. The molecule has 0 N–H and O–H groups in total. The first-order valence-electron chi connectivity index (χ1n) is 6.81. The summed E-state index contributed by atoms with van der Waals surface area (Å²) in [4.78, 5) is 0. The fourth-order valence-electron chi connectivity index (χ4n) is 2.58. The molecule has 2 rings (SSSR count). The maximum Gasteiger partial charge on any atom is 0.0643 e. The molecule has 0 aliphatic rings. The Bertz CT molecular complexity index is 529. The van der Waals surface area contributed by atoms with Crippen molar-refractivity contribution in [3.05, 3.63) is 52.8 Å². The summed E-state index contributed by atoms with van der Waals surface area (Å²) in [6.07, 6.45) is 2.19. The molecule has 0 bridgehead atoms. The van der Waals surface area contributed by atoms with Gasteiger partial charge in [-0.2, -0.15) is 5.10 Å². The van der Waals surface area contributed by atoms with Gasteiger partial charge < -0.3 is 0 Å². The number of aryl methyl sites for hydroxylation is 3. The van der Waals surface area contributed by atoms with Crippen molar-refractivity contribution in [3.63, 3.8) is 0 Å². The van der Waals surface area contributed by atoms with Crippen molar-refractivity contribution in [1.82, 2.24) is 9.78 Å². The zero-order chi connectivity index (χ0) is 13.8. The third kappa shape index (κ3) is 3.38. The Labute approximate surface area is 120 Å². The molecule has 1 atom stereocenters. The van der Waals surface area contributed by atoms with Gasteiger partial charge in [0.1, 0.15) is 0 Å². The van der Waals surface area contributed by atoms with Crippen molar-refractivity contribution in [3.8, 4) is 0 Å². The van der Waals surface area contributed by atoms with E-state index in [1.165, 1.54) is 16.8 Å². The molecule has 1 heterocycles. The Morgan fingerprint density at radius 3 is 2.47 bits per heavy atom. The first-order valence-corrected chi connectivity index (χ1v) is 7.25. The SMILES string of the molecule is Cc1nn(CCCc2ccccc2)c(C)c1C(C)Cl. The van der Waals surface area contributed by atoms with E-state index in [1.807, 2.05) is 13.8 Å². The van der Waals surface area contributed by atoms with Crippen LogP contribution in [0.25, 0.3) is 0 Å². The molecular weight excluding hydrogens is 256 g/mol. The lowest BCUT2D eigenvalue weighted by atomic mass is 10.1. The van der Waals surface area contributed by atoms with E-state index in [9.17, 15) is 0 Å². The van der Waals surface area contributed by atoms with Crippen LogP contribution in [0.4, 0.5) is 0 Å². The quantitative estimate of drug-likeness (QED) is 0.739. The van der Waals surface area contributed by atoms with Crippen molar-refractivity contribution >= 4 is 11.6 Å². The van der Waals surface area contributed by atoms with E-state index in [0.717, 1.165) is 25.1 Å². The van der Waals surface area contributed by atoms with Gasteiger partial charge in [0.25, 0.3) is 0 Å². The second kappa shape index (κ2) is 6.25. The Morgan fingerprint density at radius 2 is 1.89 bits per heavy atom. The van der Waals surface area contributed by atoms with Crippen molar-refractivity contribution in [2.24, 2.45) is 0 Å². The molecule has 2 nitrogen and oxygen atoms in total. The van der Waals surface area contributed by atoms with E-state index in [1.54, 1.807) is 0 Å². The van der Waals surface area contributed by atoms with Gasteiger partial charge >= 0.3 is 0 Å². The molecule has 1 aromatic heterocycles. The summed E-state index contributed by atoms with van der Waals surface area (Å²) in [5, 5.41) is 4.63. The molecule has 0 saturated carbocycles. The van der Waals surface area contributed by atoms with Crippen LogP contribution in [0.5, 0.6) is 0 Å². The number of hydrogen-bond donors (Lipinski definition) is 0. The average molecular weight is 277 g/mol. The summed E-state index contributed by atoms with van der Waals surface area (Å²) in [5.41, 5.74) is 4.82. The topological polar surface area (TPSA) is 17.8 Å². The lowest BCUT2D eigenvalue weighted by Crippen LogP contribution is -2.04. The second-order valence-electron chi connectivity index (χ2n) is 5.01. The minimum absolute atomic E-state index is 0.0304. The van der Waals surface area contributed by atoms with E-state index >= 15 is 0 Å². The third-order valence-electron chi connectivity index (χ3n) is 3.51. The summed E-state index contributed by atoms with van der Waals surface area (Å²) in [6.45, 7) is 7.10. The molecule has 0 fully saturated rings. The highest BCUT2D eigenvalue weighted by Crippen LogP contribution is 2.26. The molecule has 0 aliphatic carbocycles. The number of alkyl halides is 1. The molecule has 0 spiro atoms. The van der Waals surface area contributed by atoms with Crippen LogP contribution in [0.1, 0.15) is 41.2 Å². The van der Waals surface area contributed by atoms with E-state index in [-0.39, 0.29) is 5.38 Å². The molecular formula is C16H21ClN2. The Hall–Kier alpha value is -1.28. The van der Waals surface area contributed by atoms with E-state index < -0.39 is 0 Å². The Morgan fingerprint density at radius 1 is 1.21 bits per heavy atom. The molecule has 2 aromatic rings. The van der Waals surface area contributed by atoms with Crippen LogP contribution in [0.15, 0.2) is 30.3 Å². The van der Waals surface area contributed by atoms with Gasteiger partial charge in [0, 0.05) is 17.8 Å². The molecule has 102 valence electrons. The lowest BCUT2D eigenvalue weighted by Gasteiger charge is -2.07. The molecule has 19 heavy (non-hydrogen) atoms. The van der Waals surface area contributed by atoms with E-state index in [2.05, 4.69) is 47.0 Å². The van der Waals surface area contributed by atoms with Gasteiger partial charge in [0.15, 0.2) is 0 Å². The third-order valence-corrected chi connectivity index (χ3v) is 3.73. The predicted octanol–water partition coefficient (Wildman–Crippen LogP) is 4.43. The normalized spacial score (nSPS) is 12.6.